The largest absolute Gasteiger partial charge is 0.469 e. The average molecular weight is 703 g/mol. The van der Waals surface area contributed by atoms with Crippen molar-refractivity contribution >= 4 is 22.6 Å². The number of benzene rings is 1. The molecule has 1 N–H and O–H groups in total. The van der Waals surface area contributed by atoms with Gasteiger partial charge in [-0.25, -0.2) is 0 Å². The van der Waals surface area contributed by atoms with Crippen LogP contribution in [-0.4, -0.2) is 67.0 Å². The highest BCUT2D eigenvalue weighted by Crippen LogP contribution is 2.49. The van der Waals surface area contributed by atoms with Gasteiger partial charge in [0.05, 0.1) is 25.4 Å². The highest BCUT2D eigenvalue weighted by Gasteiger charge is 2.49. The standard InChI is InChI=1S/C39H66O7Si2/c1-15-16-19-28(2)33(45-47(11,12)38(3,4)5)25-24-30-34(46-48(13,14)39(6,7)8)26-32(40)36(30)31-22-17-20-29(37(31)44-27-42-9)21-18-23-35(41)43-10/h17,20,22,24-25,28,30,32-34,36,40H,18-19,21,23,26-27H2,1-14H3/b25-24+. The molecule has 1 aliphatic rings. The number of hydrogen-bond donors (Lipinski definition) is 1. The summed E-state index contributed by atoms with van der Waals surface area (Å²) < 4.78 is 30.7. The van der Waals surface area contributed by atoms with Crippen LogP contribution in [0, 0.1) is 23.7 Å². The zero-order valence-corrected chi connectivity index (χ0v) is 34.5. The van der Waals surface area contributed by atoms with Gasteiger partial charge in [-0.1, -0.05) is 78.8 Å². The number of aryl methyl sites for hydroxylation is 1. The quantitative estimate of drug-likeness (QED) is 0.0605. The second-order valence-corrected chi connectivity index (χ2v) is 26.0. The van der Waals surface area contributed by atoms with Crippen LogP contribution < -0.4 is 4.74 Å². The number of ether oxygens (including phenoxy) is 3. The molecule has 0 aromatic heterocycles. The molecule has 0 saturated heterocycles. The highest BCUT2D eigenvalue weighted by molar-refractivity contribution is 6.74. The molecule has 2 rings (SSSR count). The van der Waals surface area contributed by atoms with Gasteiger partial charge in [0, 0.05) is 37.4 Å². The van der Waals surface area contributed by atoms with Gasteiger partial charge in [-0.3, -0.25) is 4.79 Å². The first-order valence-corrected chi connectivity index (χ1v) is 23.4. The molecule has 1 aliphatic carbocycles. The van der Waals surface area contributed by atoms with E-state index in [0.29, 0.717) is 31.4 Å². The Kier molecular flexibility index (Phi) is 15.7. The van der Waals surface area contributed by atoms with Crippen LogP contribution >= 0.6 is 0 Å². The molecule has 1 fully saturated rings. The van der Waals surface area contributed by atoms with Gasteiger partial charge in [-0.2, -0.15) is 0 Å². The summed E-state index contributed by atoms with van der Waals surface area (Å²) in [5.74, 6) is 6.59. The Bertz CT molecular complexity index is 1270. The second kappa shape index (κ2) is 17.8. The third-order valence-corrected chi connectivity index (χ3v) is 19.7. The van der Waals surface area contributed by atoms with E-state index in [4.69, 9.17) is 23.1 Å². The fourth-order valence-corrected chi connectivity index (χ4v) is 8.44. The molecule has 6 unspecified atom stereocenters. The van der Waals surface area contributed by atoms with Crippen LogP contribution in [0.4, 0.5) is 0 Å². The van der Waals surface area contributed by atoms with Gasteiger partial charge in [-0.15, -0.1) is 11.8 Å². The summed E-state index contributed by atoms with van der Waals surface area (Å²) in [7, 11) is -1.29. The zero-order chi connectivity index (χ0) is 36.5. The Hall–Kier alpha value is -1.94. The first kappa shape index (κ1) is 42.2. The average Bonchev–Trinajstić information content (AvgIpc) is 3.28. The summed E-state index contributed by atoms with van der Waals surface area (Å²) in [5.41, 5.74) is 1.90. The molecule has 0 radical (unpaired) electrons. The zero-order valence-electron chi connectivity index (χ0n) is 32.5. The molecular formula is C39H66O7Si2. The Morgan fingerprint density at radius 2 is 1.71 bits per heavy atom. The number of carbonyl (C=O) groups excluding carboxylic acids is 1. The van der Waals surface area contributed by atoms with E-state index >= 15 is 0 Å². The van der Waals surface area contributed by atoms with Gasteiger partial charge in [-0.05, 0) is 73.9 Å². The molecule has 6 atom stereocenters. The van der Waals surface area contributed by atoms with Crippen molar-refractivity contribution in [3.63, 3.8) is 0 Å². The van der Waals surface area contributed by atoms with Crippen molar-refractivity contribution in [2.45, 2.75) is 148 Å². The van der Waals surface area contributed by atoms with Crippen LogP contribution in [0.15, 0.2) is 30.4 Å². The highest BCUT2D eigenvalue weighted by atomic mass is 28.4. The van der Waals surface area contributed by atoms with Crippen LogP contribution in [-0.2, 0) is 29.5 Å². The lowest BCUT2D eigenvalue weighted by Gasteiger charge is -2.41. The molecule has 9 heteroatoms. The van der Waals surface area contributed by atoms with E-state index < -0.39 is 22.7 Å². The molecule has 0 bridgehead atoms. The lowest BCUT2D eigenvalue weighted by molar-refractivity contribution is -0.140. The van der Waals surface area contributed by atoms with Crippen LogP contribution in [0.3, 0.4) is 0 Å². The number of aliphatic hydroxyl groups is 1. The van der Waals surface area contributed by atoms with Crippen molar-refractivity contribution in [2.75, 3.05) is 21.0 Å². The van der Waals surface area contributed by atoms with Crippen molar-refractivity contribution in [1.29, 1.82) is 0 Å². The van der Waals surface area contributed by atoms with Gasteiger partial charge in [0.15, 0.2) is 23.4 Å². The van der Waals surface area contributed by atoms with Gasteiger partial charge in [0.2, 0.25) is 0 Å². The van der Waals surface area contributed by atoms with E-state index in [-0.39, 0.29) is 52.8 Å². The molecular weight excluding hydrogens is 637 g/mol. The SMILES string of the molecule is CC#CCC(C)C(/C=C/C1C(O[Si](C)(C)C(C)(C)C)CC(O)C1c1cccc(CCCC(=O)OC)c1OCOC)O[Si](C)(C)C(C)(C)C. The Morgan fingerprint density at radius 1 is 1.06 bits per heavy atom. The van der Waals surface area contributed by atoms with Gasteiger partial charge < -0.3 is 28.2 Å². The predicted octanol–water partition coefficient (Wildman–Crippen LogP) is 9.02. The third-order valence-electron chi connectivity index (χ3n) is 10.8. The maximum absolute atomic E-state index is 11.9. The lowest BCUT2D eigenvalue weighted by atomic mass is 9.84. The molecule has 272 valence electrons. The summed E-state index contributed by atoms with van der Waals surface area (Å²) in [6, 6.07) is 6.11. The molecule has 1 aromatic rings. The Labute approximate surface area is 294 Å². The maximum Gasteiger partial charge on any atom is 0.305 e. The minimum absolute atomic E-state index is 0.0118. The lowest BCUT2D eigenvalue weighted by Crippen LogP contribution is -2.45. The number of hydrogen-bond acceptors (Lipinski definition) is 7. The summed E-state index contributed by atoms with van der Waals surface area (Å²) in [4.78, 5) is 11.9. The van der Waals surface area contributed by atoms with E-state index in [0.717, 1.165) is 17.5 Å². The normalized spacial score (nSPS) is 21.9. The van der Waals surface area contributed by atoms with E-state index in [1.165, 1.54) is 7.11 Å². The van der Waals surface area contributed by atoms with E-state index in [9.17, 15) is 9.90 Å². The summed E-state index contributed by atoms with van der Waals surface area (Å²) in [6.45, 7) is 26.9. The summed E-state index contributed by atoms with van der Waals surface area (Å²) in [5, 5.41) is 12.0. The second-order valence-electron chi connectivity index (χ2n) is 16.5. The Morgan fingerprint density at radius 3 is 2.27 bits per heavy atom. The molecule has 1 saturated carbocycles. The molecule has 1 aromatic carbocycles. The van der Waals surface area contributed by atoms with Crippen molar-refractivity contribution in [1.82, 2.24) is 0 Å². The predicted molar refractivity (Wildman–Crippen MR) is 201 cm³/mol. The smallest absolute Gasteiger partial charge is 0.305 e. The number of para-hydroxylation sites is 1. The van der Waals surface area contributed by atoms with Gasteiger partial charge >= 0.3 is 5.97 Å². The minimum atomic E-state index is -2.19. The van der Waals surface area contributed by atoms with Crippen LogP contribution in [0.2, 0.25) is 36.3 Å². The first-order valence-electron chi connectivity index (χ1n) is 17.6. The molecule has 7 nitrogen and oxygen atoms in total. The van der Waals surface area contributed by atoms with Crippen molar-refractivity contribution < 1.29 is 33.0 Å². The van der Waals surface area contributed by atoms with Crippen molar-refractivity contribution in [2.24, 2.45) is 11.8 Å². The molecule has 0 spiro atoms. The number of methoxy groups -OCH3 is 2. The summed E-state index contributed by atoms with van der Waals surface area (Å²) in [6.07, 6.45) is 6.37. The first-order chi connectivity index (χ1) is 22.2. The van der Waals surface area contributed by atoms with E-state index in [1.54, 1.807) is 7.11 Å². The van der Waals surface area contributed by atoms with Gasteiger partial charge in [0.25, 0.3) is 0 Å². The van der Waals surface area contributed by atoms with Gasteiger partial charge in [0.1, 0.15) is 5.75 Å². The van der Waals surface area contributed by atoms with E-state index in [1.807, 2.05) is 19.1 Å². The maximum atomic E-state index is 11.9. The Balaban J connectivity index is 2.70. The fourth-order valence-electron chi connectivity index (χ4n) is 5.73. The minimum Gasteiger partial charge on any atom is -0.469 e. The van der Waals surface area contributed by atoms with Crippen LogP contribution in [0.1, 0.15) is 98.1 Å². The molecule has 0 heterocycles. The summed E-state index contributed by atoms with van der Waals surface area (Å²) >= 11 is 0. The van der Waals surface area contributed by atoms with Crippen molar-refractivity contribution in [3.05, 3.63) is 41.5 Å². The third kappa shape index (κ3) is 11.3. The van der Waals surface area contributed by atoms with E-state index in [2.05, 4.69) is 105 Å². The van der Waals surface area contributed by atoms with Crippen LogP contribution in [0.5, 0.6) is 5.75 Å². The number of carbonyl (C=O) groups is 1. The number of rotatable bonds is 16. The molecule has 48 heavy (non-hydrogen) atoms. The van der Waals surface area contributed by atoms with Crippen LogP contribution in [0.25, 0.3) is 0 Å². The number of esters is 1. The number of aliphatic hydroxyl groups excluding tert-OH is 1. The topological polar surface area (TPSA) is 83.5 Å². The molecule has 0 amide bonds. The monoisotopic (exact) mass is 702 g/mol. The fraction of sp³-hybridized carbons (Fsp3) is 0.718. The molecule has 0 aliphatic heterocycles. The van der Waals surface area contributed by atoms with Crippen molar-refractivity contribution in [3.8, 4) is 17.6 Å².